The molecule has 0 aliphatic rings. The van der Waals surface area contributed by atoms with Gasteiger partial charge in [-0.2, -0.15) is 0 Å². The van der Waals surface area contributed by atoms with Gasteiger partial charge < -0.3 is 9.64 Å². The van der Waals surface area contributed by atoms with E-state index < -0.39 is 11.9 Å². The first kappa shape index (κ1) is 13.3. The summed E-state index contributed by atoms with van der Waals surface area (Å²) in [6.45, 7) is 4.71. The van der Waals surface area contributed by atoms with E-state index in [1.807, 2.05) is 13.8 Å². The van der Waals surface area contributed by atoms with Crippen LogP contribution in [-0.4, -0.2) is 29.1 Å². The molecule has 0 N–H and O–H groups in total. The van der Waals surface area contributed by atoms with E-state index in [0.29, 0.717) is 24.0 Å². The van der Waals surface area contributed by atoms with Crippen LogP contribution in [0.1, 0.15) is 13.8 Å². The highest BCUT2D eigenvalue weighted by Gasteiger charge is 2.17. The molecule has 0 saturated carbocycles. The smallest absolute Gasteiger partial charge is 0.406 e. The molecule has 0 radical (unpaired) electrons. The minimum Gasteiger partial charge on any atom is -0.406 e. The number of hydrogen-bond acceptors (Lipinski definition) is 3. The van der Waals surface area contributed by atoms with Crippen LogP contribution in [0.15, 0.2) is 30.5 Å². The second-order valence-electron chi connectivity index (χ2n) is 3.99. The molecule has 0 fully saturated rings. The summed E-state index contributed by atoms with van der Waals surface area (Å²) in [4.78, 5) is 17.5. The van der Waals surface area contributed by atoms with E-state index in [0.717, 1.165) is 0 Å². The number of fused-ring (bicyclic) bond motifs is 1. The maximum absolute atomic E-state index is 13.8. The Kier molecular flexibility index (Phi) is 3.94. The van der Waals surface area contributed by atoms with Crippen LogP contribution in [-0.2, 0) is 0 Å². The average molecular weight is 262 g/mol. The van der Waals surface area contributed by atoms with Crippen LogP contribution in [0.2, 0.25) is 0 Å². The lowest BCUT2D eigenvalue weighted by atomic mass is 10.2. The van der Waals surface area contributed by atoms with Crippen molar-refractivity contribution in [2.45, 2.75) is 13.8 Å². The number of hydrogen-bond donors (Lipinski definition) is 0. The van der Waals surface area contributed by atoms with Crippen molar-refractivity contribution in [3.8, 4) is 5.75 Å². The highest BCUT2D eigenvalue weighted by atomic mass is 19.1. The second-order valence-corrected chi connectivity index (χ2v) is 3.99. The lowest BCUT2D eigenvalue weighted by molar-refractivity contribution is 0.156. The van der Waals surface area contributed by atoms with Gasteiger partial charge in [0.2, 0.25) is 0 Å². The summed E-state index contributed by atoms with van der Waals surface area (Å²) < 4.78 is 19.0. The summed E-state index contributed by atoms with van der Waals surface area (Å²) in [6, 6.07) is 6.16. The van der Waals surface area contributed by atoms with Gasteiger partial charge in [-0.15, -0.1) is 0 Å². The second kappa shape index (κ2) is 5.65. The Bertz CT molecular complexity index is 597. The zero-order chi connectivity index (χ0) is 13.8. The van der Waals surface area contributed by atoms with Crippen molar-refractivity contribution in [2.75, 3.05) is 13.1 Å². The van der Waals surface area contributed by atoms with Crippen LogP contribution < -0.4 is 4.74 Å². The summed E-state index contributed by atoms with van der Waals surface area (Å²) in [7, 11) is 0. The molecule has 0 bridgehead atoms. The van der Waals surface area contributed by atoms with Crippen LogP contribution in [0.25, 0.3) is 10.9 Å². The van der Waals surface area contributed by atoms with Gasteiger partial charge in [-0.3, -0.25) is 4.98 Å². The van der Waals surface area contributed by atoms with E-state index in [4.69, 9.17) is 4.74 Å². The molecular formula is C14H15FN2O2. The third-order valence-corrected chi connectivity index (χ3v) is 2.90. The number of nitrogens with zero attached hydrogens (tertiary/aromatic N) is 2. The van der Waals surface area contributed by atoms with Gasteiger partial charge in [-0.1, -0.05) is 0 Å². The largest absolute Gasteiger partial charge is 0.415 e. The van der Waals surface area contributed by atoms with E-state index >= 15 is 0 Å². The van der Waals surface area contributed by atoms with Crippen molar-refractivity contribution >= 4 is 17.0 Å². The Balaban J connectivity index is 2.39. The number of carbonyl (C=O) groups excluding carboxylic acids is 1. The summed E-state index contributed by atoms with van der Waals surface area (Å²) in [5.74, 6) is -0.636. The molecule has 19 heavy (non-hydrogen) atoms. The monoisotopic (exact) mass is 262 g/mol. The molecule has 2 rings (SSSR count). The van der Waals surface area contributed by atoms with E-state index in [1.54, 1.807) is 24.4 Å². The highest BCUT2D eigenvalue weighted by Crippen LogP contribution is 2.27. The minimum absolute atomic E-state index is 0.0671. The SMILES string of the molecule is CCN(CC)C(=O)Oc1c(F)ccc2ncccc12. The average Bonchev–Trinajstić information content (AvgIpc) is 2.43. The summed E-state index contributed by atoms with van der Waals surface area (Å²) in [5, 5.41) is 0.489. The molecule has 1 heterocycles. The van der Waals surface area contributed by atoms with Crippen molar-refractivity contribution in [3.63, 3.8) is 0 Å². The van der Waals surface area contributed by atoms with Crippen molar-refractivity contribution in [2.24, 2.45) is 0 Å². The number of ether oxygens (including phenoxy) is 1. The molecule has 1 amide bonds. The van der Waals surface area contributed by atoms with Crippen LogP contribution in [0.3, 0.4) is 0 Å². The zero-order valence-corrected chi connectivity index (χ0v) is 10.9. The molecule has 1 aromatic heterocycles. The Labute approximate surface area is 110 Å². The molecule has 0 atom stereocenters. The van der Waals surface area contributed by atoms with Gasteiger partial charge in [-0.25, -0.2) is 9.18 Å². The minimum atomic E-state index is -0.569. The van der Waals surface area contributed by atoms with E-state index in [-0.39, 0.29) is 5.75 Å². The number of pyridine rings is 1. The van der Waals surface area contributed by atoms with Crippen LogP contribution >= 0.6 is 0 Å². The number of halogens is 1. The first-order chi connectivity index (χ1) is 9.17. The Hall–Kier alpha value is -2.17. The normalized spacial score (nSPS) is 10.5. The van der Waals surface area contributed by atoms with E-state index in [1.165, 1.54) is 11.0 Å². The van der Waals surface area contributed by atoms with Crippen molar-refractivity contribution in [1.82, 2.24) is 9.88 Å². The van der Waals surface area contributed by atoms with Gasteiger partial charge in [-0.05, 0) is 38.1 Å². The molecule has 0 spiro atoms. The first-order valence-electron chi connectivity index (χ1n) is 6.17. The maximum Gasteiger partial charge on any atom is 0.415 e. The molecule has 2 aromatic rings. The number of carbonyl (C=O) groups is 1. The predicted molar refractivity (Wildman–Crippen MR) is 70.6 cm³/mol. The summed E-state index contributed by atoms with van der Waals surface area (Å²) in [5.41, 5.74) is 0.589. The maximum atomic E-state index is 13.8. The third kappa shape index (κ3) is 2.65. The topological polar surface area (TPSA) is 42.4 Å². The fraction of sp³-hybridized carbons (Fsp3) is 0.286. The molecule has 0 aliphatic carbocycles. The van der Waals surface area contributed by atoms with Gasteiger partial charge >= 0.3 is 6.09 Å². The van der Waals surface area contributed by atoms with Crippen LogP contribution in [0.4, 0.5) is 9.18 Å². The van der Waals surface area contributed by atoms with Gasteiger partial charge in [0.05, 0.1) is 5.52 Å². The molecule has 100 valence electrons. The van der Waals surface area contributed by atoms with E-state index in [2.05, 4.69) is 4.98 Å². The molecule has 0 unspecified atom stereocenters. The standard InChI is InChI=1S/C14H15FN2O2/c1-3-17(4-2)14(18)19-13-10-6-5-9-16-12(10)8-7-11(13)15/h5-9H,3-4H2,1-2H3. The van der Waals surface area contributed by atoms with Crippen molar-refractivity contribution in [3.05, 3.63) is 36.3 Å². The van der Waals surface area contributed by atoms with Gasteiger partial charge in [0.1, 0.15) is 0 Å². The van der Waals surface area contributed by atoms with Gasteiger partial charge in [0, 0.05) is 24.7 Å². The molecular weight excluding hydrogens is 247 g/mol. The Morgan fingerprint density at radius 1 is 1.32 bits per heavy atom. The molecule has 5 heteroatoms. The molecule has 0 saturated heterocycles. The molecule has 4 nitrogen and oxygen atoms in total. The van der Waals surface area contributed by atoms with Crippen LogP contribution in [0.5, 0.6) is 5.75 Å². The number of amides is 1. The number of benzene rings is 1. The number of rotatable bonds is 3. The van der Waals surface area contributed by atoms with Gasteiger partial charge in [0.25, 0.3) is 0 Å². The summed E-state index contributed by atoms with van der Waals surface area (Å²) in [6.07, 6.45) is 1.05. The van der Waals surface area contributed by atoms with Gasteiger partial charge in [0.15, 0.2) is 11.6 Å². The van der Waals surface area contributed by atoms with Crippen molar-refractivity contribution in [1.29, 1.82) is 0 Å². The predicted octanol–water partition coefficient (Wildman–Crippen LogP) is 3.21. The lowest BCUT2D eigenvalue weighted by Crippen LogP contribution is -2.33. The Morgan fingerprint density at radius 2 is 2.05 bits per heavy atom. The summed E-state index contributed by atoms with van der Waals surface area (Å²) >= 11 is 0. The third-order valence-electron chi connectivity index (χ3n) is 2.90. The molecule has 1 aromatic carbocycles. The Morgan fingerprint density at radius 3 is 2.74 bits per heavy atom. The highest BCUT2D eigenvalue weighted by molar-refractivity contribution is 5.87. The lowest BCUT2D eigenvalue weighted by Gasteiger charge is -2.18. The van der Waals surface area contributed by atoms with E-state index in [9.17, 15) is 9.18 Å². The first-order valence-corrected chi connectivity index (χ1v) is 6.17. The number of aromatic nitrogens is 1. The quantitative estimate of drug-likeness (QED) is 0.853. The zero-order valence-electron chi connectivity index (χ0n) is 10.9. The fourth-order valence-electron chi connectivity index (χ4n) is 1.84. The fourth-order valence-corrected chi connectivity index (χ4v) is 1.84. The van der Waals surface area contributed by atoms with Crippen LogP contribution in [0, 0.1) is 5.82 Å². The molecule has 0 aliphatic heterocycles. The van der Waals surface area contributed by atoms with Crippen molar-refractivity contribution < 1.29 is 13.9 Å².